The highest BCUT2D eigenvalue weighted by Gasteiger charge is 2.34. The molecule has 25 heavy (non-hydrogen) atoms. The van der Waals surface area contributed by atoms with E-state index in [0.717, 1.165) is 28.4 Å². The molecule has 1 N–H and O–H groups in total. The molecule has 2 aromatic rings. The summed E-state index contributed by atoms with van der Waals surface area (Å²) in [4.78, 5) is 14.6. The molecule has 4 nitrogen and oxygen atoms in total. The van der Waals surface area contributed by atoms with E-state index in [0.29, 0.717) is 23.9 Å². The number of aliphatic hydroxyl groups is 1. The molecule has 0 aromatic heterocycles. The third-order valence-electron chi connectivity index (χ3n) is 5.06. The van der Waals surface area contributed by atoms with Crippen molar-refractivity contribution in [3.05, 3.63) is 63.6 Å². The molecule has 0 bridgehead atoms. The van der Waals surface area contributed by atoms with Crippen molar-refractivity contribution in [3.8, 4) is 5.75 Å². The van der Waals surface area contributed by atoms with Gasteiger partial charge in [-0.2, -0.15) is 0 Å². The summed E-state index contributed by atoms with van der Waals surface area (Å²) in [6.07, 6.45) is 3.57. The molecule has 1 aliphatic carbocycles. The number of rotatable bonds is 4. The highest BCUT2D eigenvalue weighted by molar-refractivity contribution is 9.10. The Bertz CT molecular complexity index is 801. The molecule has 1 fully saturated rings. The molecule has 1 unspecified atom stereocenters. The summed E-state index contributed by atoms with van der Waals surface area (Å²) in [6, 6.07) is 13.2. The third-order valence-corrected chi connectivity index (χ3v) is 5.55. The Morgan fingerprint density at radius 2 is 1.96 bits per heavy atom. The second-order valence-electron chi connectivity index (χ2n) is 6.72. The summed E-state index contributed by atoms with van der Waals surface area (Å²) in [7, 11) is 0. The first kappa shape index (κ1) is 16.6. The van der Waals surface area contributed by atoms with Crippen molar-refractivity contribution in [2.24, 2.45) is 0 Å². The van der Waals surface area contributed by atoms with Crippen LogP contribution in [0.2, 0.25) is 0 Å². The monoisotopic (exact) mass is 401 g/mol. The Kier molecular flexibility index (Phi) is 4.52. The summed E-state index contributed by atoms with van der Waals surface area (Å²) in [6.45, 7) is 0.642. The predicted octanol–water partition coefficient (Wildman–Crippen LogP) is 4.42. The number of ether oxygens (including phenoxy) is 1. The second-order valence-corrected chi connectivity index (χ2v) is 7.63. The standard InChI is InChI=1S/C20H20BrNO3/c21-15-5-3-4-13(10-15)20(24)25-17-8-9-18-14(11-17)12-22(19(18)23)16-6-1-2-7-16/h3-5,8-11,16,20,24H,1-2,6-7,12H2. The van der Waals surface area contributed by atoms with Crippen LogP contribution < -0.4 is 4.74 Å². The quantitative estimate of drug-likeness (QED) is 0.771. The summed E-state index contributed by atoms with van der Waals surface area (Å²) >= 11 is 3.39. The van der Waals surface area contributed by atoms with Crippen molar-refractivity contribution in [2.45, 2.75) is 44.6 Å². The van der Waals surface area contributed by atoms with Gasteiger partial charge in [-0.1, -0.05) is 40.9 Å². The molecule has 1 amide bonds. The minimum absolute atomic E-state index is 0.126. The number of hydrogen-bond donors (Lipinski definition) is 1. The van der Waals surface area contributed by atoms with E-state index in [1.165, 1.54) is 12.8 Å². The highest BCUT2D eigenvalue weighted by atomic mass is 79.9. The molecule has 130 valence electrons. The molecular formula is C20H20BrNO3. The van der Waals surface area contributed by atoms with Crippen molar-refractivity contribution in [1.29, 1.82) is 0 Å². The number of aliphatic hydroxyl groups excluding tert-OH is 1. The lowest BCUT2D eigenvalue weighted by Gasteiger charge is -2.23. The molecule has 4 rings (SSSR count). The maximum Gasteiger partial charge on any atom is 0.254 e. The number of nitrogens with zero attached hydrogens (tertiary/aromatic N) is 1. The lowest BCUT2D eigenvalue weighted by atomic mass is 10.1. The fourth-order valence-electron chi connectivity index (χ4n) is 3.76. The fraction of sp³-hybridized carbons (Fsp3) is 0.350. The molecule has 0 saturated heterocycles. The average Bonchev–Trinajstić information content (AvgIpc) is 3.23. The molecule has 0 spiro atoms. The minimum Gasteiger partial charge on any atom is -0.461 e. The van der Waals surface area contributed by atoms with Gasteiger partial charge in [-0.05, 0) is 48.7 Å². The molecule has 2 aromatic carbocycles. The van der Waals surface area contributed by atoms with Crippen molar-refractivity contribution in [1.82, 2.24) is 4.90 Å². The SMILES string of the molecule is O=C1c2ccc(OC(O)c3cccc(Br)c3)cc2CN1C1CCCC1. The largest absolute Gasteiger partial charge is 0.461 e. The third kappa shape index (κ3) is 3.31. The van der Waals surface area contributed by atoms with E-state index < -0.39 is 6.29 Å². The summed E-state index contributed by atoms with van der Waals surface area (Å²) in [5.41, 5.74) is 2.42. The maximum atomic E-state index is 12.6. The Hall–Kier alpha value is -1.85. The van der Waals surface area contributed by atoms with Crippen LogP contribution in [-0.4, -0.2) is 22.0 Å². The normalized spacial score (nSPS) is 18.5. The van der Waals surface area contributed by atoms with Gasteiger partial charge in [0, 0.05) is 28.2 Å². The number of halogens is 1. The van der Waals surface area contributed by atoms with E-state index >= 15 is 0 Å². The first-order valence-electron chi connectivity index (χ1n) is 8.66. The number of hydrogen-bond acceptors (Lipinski definition) is 3. The van der Waals surface area contributed by atoms with E-state index in [1.54, 1.807) is 6.07 Å². The smallest absolute Gasteiger partial charge is 0.254 e. The van der Waals surface area contributed by atoms with Gasteiger partial charge in [-0.3, -0.25) is 4.79 Å². The van der Waals surface area contributed by atoms with E-state index in [1.807, 2.05) is 41.3 Å². The van der Waals surface area contributed by atoms with Crippen LogP contribution >= 0.6 is 15.9 Å². The minimum atomic E-state index is -1.04. The second kappa shape index (κ2) is 6.81. The zero-order valence-electron chi connectivity index (χ0n) is 13.8. The molecule has 2 aliphatic rings. The van der Waals surface area contributed by atoms with Crippen molar-refractivity contribution in [2.75, 3.05) is 0 Å². The number of carbonyl (C=O) groups excluding carboxylic acids is 1. The maximum absolute atomic E-state index is 12.6. The Labute approximate surface area is 155 Å². The van der Waals surface area contributed by atoms with E-state index in [4.69, 9.17) is 4.74 Å². The van der Waals surface area contributed by atoms with Gasteiger partial charge in [0.05, 0.1) is 0 Å². The number of amides is 1. The molecule has 1 heterocycles. The predicted molar refractivity (Wildman–Crippen MR) is 98.3 cm³/mol. The van der Waals surface area contributed by atoms with Crippen molar-refractivity contribution < 1.29 is 14.6 Å². The van der Waals surface area contributed by atoms with Crippen molar-refractivity contribution in [3.63, 3.8) is 0 Å². The summed E-state index contributed by atoms with van der Waals surface area (Å²) in [5, 5.41) is 10.3. The fourth-order valence-corrected chi connectivity index (χ4v) is 4.18. The van der Waals surface area contributed by atoms with E-state index in [-0.39, 0.29) is 5.91 Å². The van der Waals surface area contributed by atoms with Crippen LogP contribution in [0.5, 0.6) is 5.75 Å². The lowest BCUT2D eigenvalue weighted by molar-refractivity contribution is -0.0195. The van der Waals surface area contributed by atoms with Crippen LogP contribution in [0, 0.1) is 0 Å². The molecule has 1 saturated carbocycles. The number of benzene rings is 2. The van der Waals surface area contributed by atoms with Crippen LogP contribution in [-0.2, 0) is 6.54 Å². The van der Waals surface area contributed by atoms with Crippen LogP contribution in [0.25, 0.3) is 0 Å². The molecule has 1 atom stereocenters. The lowest BCUT2D eigenvalue weighted by Crippen LogP contribution is -2.33. The Morgan fingerprint density at radius 3 is 2.72 bits per heavy atom. The van der Waals surface area contributed by atoms with Crippen LogP contribution in [0.1, 0.15) is 53.5 Å². The van der Waals surface area contributed by atoms with E-state index in [2.05, 4.69) is 15.9 Å². The summed E-state index contributed by atoms with van der Waals surface area (Å²) in [5.74, 6) is 0.702. The molecule has 5 heteroatoms. The highest BCUT2D eigenvalue weighted by Crippen LogP contribution is 2.34. The number of carbonyl (C=O) groups is 1. The first-order valence-corrected chi connectivity index (χ1v) is 9.45. The average molecular weight is 402 g/mol. The zero-order valence-corrected chi connectivity index (χ0v) is 15.4. The summed E-state index contributed by atoms with van der Waals surface area (Å²) < 4.78 is 6.57. The molecule has 0 radical (unpaired) electrons. The van der Waals surface area contributed by atoms with Gasteiger partial charge in [0.25, 0.3) is 5.91 Å². The van der Waals surface area contributed by atoms with Gasteiger partial charge in [0.15, 0.2) is 0 Å². The van der Waals surface area contributed by atoms with Gasteiger partial charge in [-0.15, -0.1) is 0 Å². The van der Waals surface area contributed by atoms with Gasteiger partial charge in [-0.25, -0.2) is 0 Å². The number of fused-ring (bicyclic) bond motifs is 1. The Balaban J connectivity index is 1.51. The van der Waals surface area contributed by atoms with Gasteiger partial charge < -0.3 is 14.7 Å². The van der Waals surface area contributed by atoms with Crippen molar-refractivity contribution >= 4 is 21.8 Å². The van der Waals surface area contributed by atoms with Gasteiger partial charge in [0.2, 0.25) is 6.29 Å². The topological polar surface area (TPSA) is 49.8 Å². The molecule has 1 aliphatic heterocycles. The molecular weight excluding hydrogens is 382 g/mol. The first-order chi connectivity index (χ1) is 12.1. The van der Waals surface area contributed by atoms with Crippen LogP contribution in [0.3, 0.4) is 0 Å². The zero-order chi connectivity index (χ0) is 17.4. The van der Waals surface area contributed by atoms with Gasteiger partial charge >= 0.3 is 0 Å². The van der Waals surface area contributed by atoms with E-state index in [9.17, 15) is 9.90 Å². The van der Waals surface area contributed by atoms with Crippen LogP contribution in [0.15, 0.2) is 46.9 Å². The van der Waals surface area contributed by atoms with Gasteiger partial charge in [0.1, 0.15) is 5.75 Å². The van der Waals surface area contributed by atoms with Crippen LogP contribution in [0.4, 0.5) is 0 Å². The Morgan fingerprint density at radius 1 is 1.16 bits per heavy atom.